The summed E-state index contributed by atoms with van der Waals surface area (Å²) in [6.07, 6.45) is 1.21. The topological polar surface area (TPSA) is 72.6 Å². The van der Waals surface area contributed by atoms with Crippen LogP contribution in [0.2, 0.25) is 0 Å². The van der Waals surface area contributed by atoms with Gasteiger partial charge in [0.25, 0.3) is 0 Å². The number of carbonyl (C=O) groups excluding carboxylic acids is 2. The summed E-state index contributed by atoms with van der Waals surface area (Å²) in [6, 6.07) is 18.6. The molecule has 2 N–H and O–H groups in total. The molecule has 2 amide bonds. The Balaban J connectivity index is 1.62. The van der Waals surface area contributed by atoms with Crippen LogP contribution in [0.25, 0.3) is 0 Å². The fraction of sp³-hybridized carbons (Fsp3) is 0.300. The smallest absolute Gasteiger partial charge is 0.240 e. The van der Waals surface area contributed by atoms with Gasteiger partial charge in [-0.05, 0) is 24.1 Å². The van der Waals surface area contributed by atoms with E-state index in [9.17, 15) is 9.59 Å². The highest BCUT2D eigenvalue weighted by molar-refractivity contribution is 5.87. The minimum atomic E-state index is -0.600. The first-order chi connectivity index (χ1) is 12.1. The molecule has 5 nitrogen and oxygen atoms in total. The Morgan fingerprint density at radius 2 is 1.68 bits per heavy atom. The first-order valence-corrected chi connectivity index (χ1v) is 8.48. The van der Waals surface area contributed by atoms with Gasteiger partial charge in [0, 0.05) is 12.8 Å². The average Bonchev–Trinajstić information content (AvgIpc) is 3.06. The van der Waals surface area contributed by atoms with Crippen LogP contribution in [-0.4, -0.2) is 35.4 Å². The first kappa shape index (κ1) is 17.0. The van der Waals surface area contributed by atoms with Crippen LogP contribution in [0.3, 0.4) is 0 Å². The minimum Gasteiger partial charge on any atom is -0.488 e. The number of para-hydroxylation sites is 1. The molecule has 1 aliphatic heterocycles. The van der Waals surface area contributed by atoms with Crippen molar-refractivity contribution in [2.24, 2.45) is 5.73 Å². The monoisotopic (exact) mass is 338 g/mol. The molecular weight excluding hydrogens is 316 g/mol. The van der Waals surface area contributed by atoms with Crippen LogP contribution in [0.5, 0.6) is 5.75 Å². The number of ether oxygens (including phenoxy) is 1. The van der Waals surface area contributed by atoms with E-state index < -0.39 is 11.9 Å². The van der Waals surface area contributed by atoms with E-state index in [-0.39, 0.29) is 12.0 Å². The van der Waals surface area contributed by atoms with Crippen molar-refractivity contribution in [3.8, 4) is 5.75 Å². The van der Waals surface area contributed by atoms with Crippen molar-refractivity contribution in [1.29, 1.82) is 0 Å². The quantitative estimate of drug-likeness (QED) is 0.877. The van der Waals surface area contributed by atoms with Gasteiger partial charge in [-0.15, -0.1) is 0 Å². The molecule has 0 spiro atoms. The van der Waals surface area contributed by atoms with Gasteiger partial charge in [-0.1, -0.05) is 48.5 Å². The number of rotatable bonds is 6. The summed E-state index contributed by atoms with van der Waals surface area (Å²) in [5.74, 6) is 0.188. The highest BCUT2D eigenvalue weighted by Gasteiger charge is 2.39. The molecule has 1 aliphatic rings. The van der Waals surface area contributed by atoms with E-state index in [4.69, 9.17) is 10.5 Å². The van der Waals surface area contributed by atoms with Crippen molar-refractivity contribution in [1.82, 2.24) is 4.90 Å². The Morgan fingerprint density at radius 1 is 1.04 bits per heavy atom. The summed E-state index contributed by atoms with van der Waals surface area (Å²) in [7, 11) is 0. The maximum Gasteiger partial charge on any atom is 0.240 e. The number of nitrogens with two attached hydrogens (primary N) is 1. The molecule has 2 unspecified atom stereocenters. The summed E-state index contributed by atoms with van der Waals surface area (Å²) in [5, 5.41) is 0. The summed E-state index contributed by atoms with van der Waals surface area (Å²) in [4.78, 5) is 25.9. The van der Waals surface area contributed by atoms with Crippen molar-refractivity contribution in [2.45, 2.75) is 31.4 Å². The molecule has 2 aromatic rings. The molecule has 5 heteroatoms. The highest BCUT2D eigenvalue weighted by atomic mass is 16.5. The Bertz CT molecular complexity index is 718. The van der Waals surface area contributed by atoms with Gasteiger partial charge in [-0.25, -0.2) is 0 Å². The van der Waals surface area contributed by atoms with E-state index in [1.807, 2.05) is 60.7 Å². The van der Waals surface area contributed by atoms with Crippen LogP contribution in [0.1, 0.15) is 18.4 Å². The fourth-order valence-corrected chi connectivity index (χ4v) is 3.16. The van der Waals surface area contributed by atoms with E-state index in [2.05, 4.69) is 0 Å². The Labute approximate surface area is 147 Å². The summed E-state index contributed by atoms with van der Waals surface area (Å²) in [6.45, 7) is 0.385. The Hall–Kier alpha value is -2.82. The predicted octanol–water partition coefficient (Wildman–Crippen LogP) is 2.15. The van der Waals surface area contributed by atoms with Crippen LogP contribution in [0.15, 0.2) is 60.7 Å². The van der Waals surface area contributed by atoms with Gasteiger partial charge in [-0.2, -0.15) is 0 Å². The Kier molecular flexibility index (Phi) is 5.33. The van der Waals surface area contributed by atoms with Gasteiger partial charge >= 0.3 is 0 Å². The van der Waals surface area contributed by atoms with Crippen LogP contribution in [-0.2, 0) is 16.0 Å². The number of hydrogen-bond donors (Lipinski definition) is 1. The van der Waals surface area contributed by atoms with Gasteiger partial charge < -0.3 is 15.4 Å². The van der Waals surface area contributed by atoms with E-state index in [1.54, 1.807) is 4.90 Å². The molecule has 1 heterocycles. The van der Waals surface area contributed by atoms with Crippen LogP contribution < -0.4 is 10.5 Å². The number of amides is 2. The molecule has 130 valence electrons. The lowest BCUT2D eigenvalue weighted by Crippen LogP contribution is -2.43. The van der Waals surface area contributed by atoms with Crippen LogP contribution in [0.4, 0.5) is 0 Å². The van der Waals surface area contributed by atoms with Gasteiger partial charge in [0.2, 0.25) is 11.8 Å². The lowest BCUT2D eigenvalue weighted by molar-refractivity contribution is -0.137. The van der Waals surface area contributed by atoms with Crippen molar-refractivity contribution < 1.29 is 14.3 Å². The van der Waals surface area contributed by atoms with Crippen molar-refractivity contribution in [2.75, 3.05) is 6.54 Å². The van der Waals surface area contributed by atoms with Gasteiger partial charge in [0.05, 0.1) is 6.54 Å². The maximum absolute atomic E-state index is 12.6. The summed E-state index contributed by atoms with van der Waals surface area (Å²) in [5.41, 5.74) is 6.60. The Morgan fingerprint density at radius 3 is 2.32 bits per heavy atom. The van der Waals surface area contributed by atoms with E-state index in [0.717, 1.165) is 11.3 Å². The molecule has 0 bridgehead atoms. The molecule has 0 aromatic heterocycles. The normalized spacial score (nSPS) is 19.6. The summed E-state index contributed by atoms with van der Waals surface area (Å²) >= 11 is 0. The SMILES string of the molecule is NC(=O)C1CC(Oc2ccccc2)CN1C(=O)CCc1ccccc1. The van der Waals surface area contributed by atoms with Crippen molar-refractivity contribution >= 4 is 11.8 Å². The highest BCUT2D eigenvalue weighted by Crippen LogP contribution is 2.24. The van der Waals surface area contributed by atoms with E-state index in [0.29, 0.717) is 25.8 Å². The maximum atomic E-state index is 12.6. The number of likely N-dealkylation sites (tertiary alicyclic amines) is 1. The van der Waals surface area contributed by atoms with Crippen LogP contribution >= 0.6 is 0 Å². The lowest BCUT2D eigenvalue weighted by atomic mass is 10.1. The fourth-order valence-electron chi connectivity index (χ4n) is 3.16. The molecule has 0 radical (unpaired) electrons. The third-order valence-corrected chi connectivity index (χ3v) is 4.43. The molecule has 2 aromatic carbocycles. The number of benzene rings is 2. The zero-order valence-electron chi connectivity index (χ0n) is 14.0. The number of nitrogens with zero attached hydrogens (tertiary/aromatic N) is 1. The molecule has 0 saturated carbocycles. The second kappa shape index (κ2) is 7.83. The van der Waals surface area contributed by atoms with Crippen LogP contribution in [0, 0.1) is 0 Å². The molecule has 1 saturated heterocycles. The summed E-state index contributed by atoms with van der Waals surface area (Å²) < 4.78 is 5.90. The third kappa shape index (κ3) is 4.38. The first-order valence-electron chi connectivity index (χ1n) is 8.48. The largest absolute Gasteiger partial charge is 0.488 e. The van der Waals surface area contributed by atoms with Gasteiger partial charge in [-0.3, -0.25) is 9.59 Å². The lowest BCUT2D eigenvalue weighted by Gasteiger charge is -2.22. The molecule has 0 aliphatic carbocycles. The second-order valence-corrected chi connectivity index (χ2v) is 6.24. The number of primary amides is 1. The van der Waals surface area contributed by atoms with Gasteiger partial charge in [0.1, 0.15) is 17.9 Å². The number of carbonyl (C=O) groups is 2. The standard InChI is InChI=1S/C20H22N2O3/c21-20(24)18-13-17(25-16-9-5-2-6-10-16)14-22(18)19(23)12-11-15-7-3-1-4-8-15/h1-10,17-18H,11-14H2,(H2,21,24). The molecule has 1 fully saturated rings. The van der Waals surface area contributed by atoms with Gasteiger partial charge in [0.15, 0.2) is 0 Å². The zero-order chi connectivity index (χ0) is 17.6. The third-order valence-electron chi connectivity index (χ3n) is 4.43. The minimum absolute atomic E-state index is 0.0631. The van der Waals surface area contributed by atoms with E-state index in [1.165, 1.54) is 0 Å². The number of aryl methyl sites for hydroxylation is 1. The molecule has 25 heavy (non-hydrogen) atoms. The van der Waals surface area contributed by atoms with Crippen molar-refractivity contribution in [3.63, 3.8) is 0 Å². The average molecular weight is 338 g/mol. The van der Waals surface area contributed by atoms with Crippen molar-refractivity contribution in [3.05, 3.63) is 66.2 Å². The molecule has 2 atom stereocenters. The molecule has 3 rings (SSSR count). The van der Waals surface area contributed by atoms with E-state index >= 15 is 0 Å². The predicted molar refractivity (Wildman–Crippen MR) is 94.9 cm³/mol. The molecular formula is C20H22N2O3. The second-order valence-electron chi connectivity index (χ2n) is 6.24. The zero-order valence-corrected chi connectivity index (χ0v) is 14.0. The number of hydrogen-bond acceptors (Lipinski definition) is 3.